The molecule has 0 radical (unpaired) electrons. The number of sulfone groups is 1. The minimum absolute atomic E-state index is 0.0270. The van der Waals surface area contributed by atoms with E-state index in [-0.39, 0.29) is 31.0 Å². The highest BCUT2D eigenvalue weighted by molar-refractivity contribution is 7.91. The third-order valence-corrected chi connectivity index (χ3v) is 6.06. The lowest BCUT2D eigenvalue weighted by molar-refractivity contribution is -0.143. The maximum atomic E-state index is 11.9. The Morgan fingerprint density at radius 2 is 1.76 bits per heavy atom. The molecule has 8 nitrogen and oxygen atoms in total. The highest BCUT2D eigenvalue weighted by atomic mass is 32.2. The number of carboxylic acids is 1. The Kier molecular flexibility index (Phi) is 7.98. The summed E-state index contributed by atoms with van der Waals surface area (Å²) in [6.07, 6.45) is -0.128. The summed E-state index contributed by atoms with van der Waals surface area (Å²) in [6, 6.07) is 10.7. The summed E-state index contributed by atoms with van der Waals surface area (Å²) in [5, 5.41) is 20.0. The number of carboxylic acid groups (broad SMARTS) is 1. The van der Waals surface area contributed by atoms with Gasteiger partial charge in [-0.3, -0.25) is 9.59 Å². The van der Waals surface area contributed by atoms with Gasteiger partial charge in [0.1, 0.15) is 12.4 Å². The molecule has 9 heteroatoms. The average Bonchev–Trinajstić information content (AvgIpc) is 2.67. The van der Waals surface area contributed by atoms with Gasteiger partial charge in [-0.1, -0.05) is 24.3 Å². The van der Waals surface area contributed by atoms with Gasteiger partial charge in [0.25, 0.3) is 0 Å². The van der Waals surface area contributed by atoms with Crippen LogP contribution in [0.4, 0.5) is 0 Å². The molecule has 0 fully saturated rings. The smallest absolute Gasteiger partial charge is 0.310 e. The van der Waals surface area contributed by atoms with E-state index in [1.54, 1.807) is 31.4 Å². The third kappa shape index (κ3) is 6.72. The fourth-order valence-electron chi connectivity index (χ4n) is 2.88. The number of hydrogen-bond donors (Lipinski definition) is 2. The number of esters is 1. The van der Waals surface area contributed by atoms with Crippen LogP contribution in [-0.2, 0) is 24.2 Å². The van der Waals surface area contributed by atoms with Crippen LogP contribution in [0.1, 0.15) is 24.3 Å². The van der Waals surface area contributed by atoms with Gasteiger partial charge in [0.15, 0.2) is 9.84 Å². The van der Waals surface area contributed by atoms with Crippen molar-refractivity contribution < 1.29 is 37.7 Å². The first-order chi connectivity index (χ1) is 13.8. The Balaban J connectivity index is 1.99. The molecule has 0 aliphatic heterocycles. The van der Waals surface area contributed by atoms with Gasteiger partial charge in [-0.05, 0) is 34.9 Å². The molecule has 0 aromatic heterocycles. The van der Waals surface area contributed by atoms with Gasteiger partial charge in [0, 0.05) is 6.42 Å². The quantitative estimate of drug-likeness (QED) is 0.522. The van der Waals surface area contributed by atoms with Gasteiger partial charge >= 0.3 is 11.9 Å². The van der Waals surface area contributed by atoms with Crippen molar-refractivity contribution in [1.29, 1.82) is 0 Å². The lowest BCUT2D eigenvalue weighted by Gasteiger charge is -2.14. The molecule has 2 aromatic rings. The molecule has 0 aliphatic carbocycles. The van der Waals surface area contributed by atoms with E-state index in [1.807, 2.05) is 12.1 Å². The van der Waals surface area contributed by atoms with Crippen LogP contribution in [0.15, 0.2) is 36.4 Å². The summed E-state index contributed by atoms with van der Waals surface area (Å²) in [5.41, 5.74) is 0.563. The van der Waals surface area contributed by atoms with Crippen LogP contribution in [-0.4, -0.2) is 62.4 Å². The fourth-order valence-corrected chi connectivity index (χ4v) is 3.70. The molecule has 2 aromatic carbocycles. The number of carbonyl (C=O) groups excluding carboxylic acids is 1. The second kappa shape index (κ2) is 10.2. The molecule has 0 heterocycles. The van der Waals surface area contributed by atoms with Crippen LogP contribution in [0.2, 0.25) is 0 Å². The summed E-state index contributed by atoms with van der Waals surface area (Å²) in [6.45, 7) is -0.814. The Morgan fingerprint density at radius 1 is 1.07 bits per heavy atom. The zero-order valence-corrected chi connectivity index (χ0v) is 16.9. The van der Waals surface area contributed by atoms with Crippen LogP contribution in [0.3, 0.4) is 0 Å². The zero-order chi connectivity index (χ0) is 21.4. The fraction of sp³-hybridized carbons (Fsp3) is 0.400. The van der Waals surface area contributed by atoms with Gasteiger partial charge in [-0.25, -0.2) is 8.42 Å². The number of methoxy groups -OCH3 is 1. The van der Waals surface area contributed by atoms with Gasteiger partial charge in [0.05, 0.1) is 31.1 Å². The summed E-state index contributed by atoms with van der Waals surface area (Å²) in [7, 11) is -1.90. The van der Waals surface area contributed by atoms with Crippen molar-refractivity contribution in [2.24, 2.45) is 0 Å². The van der Waals surface area contributed by atoms with Crippen LogP contribution in [0, 0.1) is 0 Å². The van der Waals surface area contributed by atoms with E-state index in [1.165, 1.54) is 0 Å². The third-order valence-electron chi connectivity index (χ3n) is 4.47. The van der Waals surface area contributed by atoms with Crippen LogP contribution in [0.5, 0.6) is 5.75 Å². The largest absolute Gasteiger partial charge is 0.497 e. The van der Waals surface area contributed by atoms with Crippen molar-refractivity contribution in [2.75, 3.05) is 31.8 Å². The summed E-state index contributed by atoms with van der Waals surface area (Å²) in [4.78, 5) is 23.5. The molecule has 2 rings (SSSR count). The number of benzene rings is 2. The molecule has 0 spiro atoms. The summed E-state index contributed by atoms with van der Waals surface area (Å²) in [5.74, 6) is -2.69. The van der Waals surface area contributed by atoms with Gasteiger partial charge < -0.3 is 19.7 Å². The summed E-state index contributed by atoms with van der Waals surface area (Å²) < 4.78 is 33.0. The van der Waals surface area contributed by atoms with Crippen LogP contribution in [0.25, 0.3) is 10.8 Å². The van der Waals surface area contributed by atoms with E-state index in [0.29, 0.717) is 11.3 Å². The standard InChI is InChI=1S/C20H24O8S/c1-27-17-5-4-14-12-16(3-2-15(14)13-17)18(20(23)24)6-7-19(22)28-9-11-29(25,26)10-8-21/h2-5,12-13,18,21H,6-11H2,1H3,(H,23,24). The van der Waals surface area contributed by atoms with E-state index in [4.69, 9.17) is 14.6 Å². The van der Waals surface area contributed by atoms with Gasteiger partial charge in [0.2, 0.25) is 0 Å². The number of rotatable bonds is 11. The number of ether oxygens (including phenoxy) is 2. The lowest BCUT2D eigenvalue weighted by Crippen LogP contribution is -2.20. The van der Waals surface area contributed by atoms with E-state index in [9.17, 15) is 23.1 Å². The zero-order valence-electron chi connectivity index (χ0n) is 16.0. The Morgan fingerprint density at radius 3 is 2.41 bits per heavy atom. The first-order valence-electron chi connectivity index (χ1n) is 9.03. The topological polar surface area (TPSA) is 127 Å². The number of fused-ring (bicyclic) bond motifs is 1. The molecular weight excluding hydrogens is 400 g/mol. The maximum absolute atomic E-state index is 11.9. The Hall–Kier alpha value is -2.65. The summed E-state index contributed by atoms with van der Waals surface area (Å²) >= 11 is 0. The molecular formula is C20H24O8S. The van der Waals surface area contributed by atoms with Crippen molar-refractivity contribution in [3.63, 3.8) is 0 Å². The van der Waals surface area contributed by atoms with Crippen molar-refractivity contribution in [3.05, 3.63) is 42.0 Å². The highest BCUT2D eigenvalue weighted by Crippen LogP contribution is 2.28. The van der Waals surface area contributed by atoms with Crippen molar-refractivity contribution in [2.45, 2.75) is 18.8 Å². The Labute approximate surface area is 169 Å². The highest BCUT2D eigenvalue weighted by Gasteiger charge is 2.22. The van der Waals surface area contributed by atoms with Gasteiger partial charge in [-0.15, -0.1) is 0 Å². The number of aliphatic carboxylic acids is 1. The van der Waals surface area contributed by atoms with Crippen LogP contribution < -0.4 is 4.74 Å². The molecule has 0 saturated carbocycles. The number of aliphatic hydroxyl groups is 1. The Bertz CT molecular complexity index is 968. The molecule has 0 saturated heterocycles. The molecule has 0 amide bonds. The first-order valence-corrected chi connectivity index (χ1v) is 10.9. The molecule has 29 heavy (non-hydrogen) atoms. The second-order valence-corrected chi connectivity index (χ2v) is 8.80. The van der Waals surface area contributed by atoms with Crippen LogP contribution >= 0.6 is 0 Å². The lowest BCUT2D eigenvalue weighted by atomic mass is 9.92. The molecule has 1 unspecified atom stereocenters. The van der Waals surface area contributed by atoms with Crippen molar-refractivity contribution in [1.82, 2.24) is 0 Å². The first kappa shape index (κ1) is 22.6. The predicted octanol–water partition coefficient (Wildman–Crippen LogP) is 1.75. The number of carbonyl (C=O) groups is 2. The second-order valence-electron chi connectivity index (χ2n) is 6.50. The maximum Gasteiger partial charge on any atom is 0.310 e. The molecule has 2 N–H and O–H groups in total. The van der Waals surface area contributed by atoms with Crippen molar-refractivity contribution in [3.8, 4) is 5.75 Å². The van der Waals surface area contributed by atoms with E-state index < -0.39 is 34.3 Å². The molecule has 1 atom stereocenters. The predicted molar refractivity (Wildman–Crippen MR) is 107 cm³/mol. The SMILES string of the molecule is COc1ccc2cc(C(CCC(=O)OCCS(=O)(=O)CCO)C(=O)O)ccc2c1. The number of hydrogen-bond acceptors (Lipinski definition) is 7. The van der Waals surface area contributed by atoms with E-state index in [0.717, 1.165) is 10.8 Å². The van der Waals surface area contributed by atoms with E-state index in [2.05, 4.69) is 0 Å². The van der Waals surface area contributed by atoms with Crippen molar-refractivity contribution >= 4 is 32.5 Å². The average molecular weight is 424 g/mol. The minimum atomic E-state index is -3.47. The van der Waals surface area contributed by atoms with E-state index >= 15 is 0 Å². The number of aliphatic hydroxyl groups excluding tert-OH is 1. The normalized spacial score (nSPS) is 12.5. The minimum Gasteiger partial charge on any atom is -0.497 e. The molecule has 0 bridgehead atoms. The monoisotopic (exact) mass is 424 g/mol. The van der Waals surface area contributed by atoms with Gasteiger partial charge in [-0.2, -0.15) is 0 Å². The molecule has 0 aliphatic rings. The molecule has 158 valence electrons.